The van der Waals surface area contributed by atoms with Gasteiger partial charge in [-0.25, -0.2) is 4.79 Å². The summed E-state index contributed by atoms with van der Waals surface area (Å²) >= 11 is 0. The average molecular weight is 331 g/mol. The highest BCUT2D eigenvalue weighted by Crippen LogP contribution is 2.29. The highest BCUT2D eigenvalue weighted by Gasteiger charge is 2.39. The Morgan fingerprint density at radius 1 is 1.35 bits per heavy atom. The third kappa shape index (κ3) is 3.75. The number of carbonyl (C=O) groups is 2. The second kappa shape index (κ2) is 6.47. The molecule has 1 aliphatic heterocycles. The Balaban J connectivity index is 2.24. The highest BCUT2D eigenvalue weighted by atomic mass is 19.4. The molecule has 1 amide bonds. The Morgan fingerprint density at radius 3 is 2.52 bits per heavy atom. The van der Waals surface area contributed by atoms with E-state index in [9.17, 15) is 22.8 Å². The van der Waals surface area contributed by atoms with Gasteiger partial charge in [-0.05, 0) is 30.5 Å². The second-order valence-electron chi connectivity index (χ2n) is 5.05. The van der Waals surface area contributed by atoms with Crippen LogP contribution in [0.5, 0.6) is 5.75 Å². The third-order valence-electron chi connectivity index (χ3n) is 3.67. The van der Waals surface area contributed by atoms with Crippen LogP contribution in [0.2, 0.25) is 0 Å². The molecule has 8 heteroatoms. The number of rotatable bonds is 4. The molecule has 5 nitrogen and oxygen atoms in total. The van der Waals surface area contributed by atoms with Crippen LogP contribution >= 0.6 is 0 Å². The number of carbonyl (C=O) groups excluding carboxylic acids is 2. The van der Waals surface area contributed by atoms with E-state index < -0.39 is 30.0 Å². The molecule has 0 radical (unpaired) electrons. The molecule has 1 heterocycles. The zero-order chi connectivity index (χ0) is 17.2. The number of alkyl halides is 3. The number of aryl methyl sites for hydroxylation is 1. The molecule has 126 valence electrons. The highest BCUT2D eigenvalue weighted by molar-refractivity contribution is 5.98. The van der Waals surface area contributed by atoms with E-state index in [1.54, 1.807) is 6.92 Å². The second-order valence-corrected chi connectivity index (χ2v) is 5.05. The Bertz CT molecular complexity index is 615. The summed E-state index contributed by atoms with van der Waals surface area (Å²) < 4.78 is 46.0. The SMILES string of the molecule is CCc1ccc(C(=O)N2CC[C@@H]2C(=O)OC)cc1OC(F)(F)F. The van der Waals surface area contributed by atoms with Gasteiger partial charge < -0.3 is 14.4 Å². The summed E-state index contributed by atoms with van der Waals surface area (Å²) in [7, 11) is 1.22. The number of likely N-dealkylation sites (tertiary alicyclic amines) is 1. The first kappa shape index (κ1) is 17.1. The van der Waals surface area contributed by atoms with Gasteiger partial charge in [-0.2, -0.15) is 0 Å². The number of benzene rings is 1. The van der Waals surface area contributed by atoms with Crippen molar-refractivity contribution >= 4 is 11.9 Å². The molecule has 0 saturated carbocycles. The van der Waals surface area contributed by atoms with Crippen LogP contribution in [0, 0.1) is 0 Å². The van der Waals surface area contributed by atoms with E-state index in [4.69, 9.17) is 0 Å². The largest absolute Gasteiger partial charge is 0.573 e. The summed E-state index contributed by atoms with van der Waals surface area (Å²) in [5.41, 5.74) is 0.377. The summed E-state index contributed by atoms with van der Waals surface area (Å²) in [4.78, 5) is 25.1. The van der Waals surface area contributed by atoms with Gasteiger partial charge in [0.15, 0.2) is 0 Å². The molecule has 23 heavy (non-hydrogen) atoms. The molecule has 0 bridgehead atoms. The van der Waals surface area contributed by atoms with Crippen molar-refractivity contribution in [3.05, 3.63) is 29.3 Å². The fourth-order valence-corrected chi connectivity index (χ4v) is 2.38. The van der Waals surface area contributed by atoms with Crippen LogP contribution in [-0.4, -0.2) is 42.8 Å². The molecule has 1 atom stereocenters. The molecule has 1 aromatic carbocycles. The lowest BCUT2D eigenvalue weighted by atomic mass is 10.00. The van der Waals surface area contributed by atoms with Gasteiger partial charge in [0, 0.05) is 12.1 Å². The van der Waals surface area contributed by atoms with Crippen LogP contribution in [0.25, 0.3) is 0 Å². The smallest absolute Gasteiger partial charge is 0.467 e. The van der Waals surface area contributed by atoms with Crippen molar-refractivity contribution in [2.24, 2.45) is 0 Å². The van der Waals surface area contributed by atoms with Crippen LogP contribution in [-0.2, 0) is 16.0 Å². The van der Waals surface area contributed by atoms with E-state index >= 15 is 0 Å². The van der Waals surface area contributed by atoms with Crippen molar-refractivity contribution in [1.82, 2.24) is 4.90 Å². The number of nitrogens with zero attached hydrogens (tertiary/aromatic N) is 1. The number of hydrogen-bond donors (Lipinski definition) is 0. The fourth-order valence-electron chi connectivity index (χ4n) is 2.38. The molecular weight excluding hydrogens is 315 g/mol. The van der Waals surface area contributed by atoms with Crippen LogP contribution in [0.15, 0.2) is 18.2 Å². The third-order valence-corrected chi connectivity index (χ3v) is 3.67. The van der Waals surface area contributed by atoms with Gasteiger partial charge in [0.25, 0.3) is 5.91 Å². The summed E-state index contributed by atoms with van der Waals surface area (Å²) in [6.07, 6.45) is -4.04. The van der Waals surface area contributed by atoms with Crippen molar-refractivity contribution < 1.29 is 32.2 Å². The van der Waals surface area contributed by atoms with Crippen LogP contribution in [0.1, 0.15) is 29.3 Å². The average Bonchev–Trinajstić information content (AvgIpc) is 2.44. The van der Waals surface area contributed by atoms with Crippen LogP contribution in [0.3, 0.4) is 0 Å². The minimum absolute atomic E-state index is 0.0371. The van der Waals surface area contributed by atoms with Crippen LogP contribution < -0.4 is 4.74 Å². The number of esters is 1. The van der Waals surface area contributed by atoms with Gasteiger partial charge in [0.2, 0.25) is 0 Å². The first-order valence-electron chi connectivity index (χ1n) is 7.04. The molecule has 2 rings (SSSR count). The number of hydrogen-bond acceptors (Lipinski definition) is 4. The Labute approximate surface area is 131 Å². The molecule has 0 spiro atoms. The maximum atomic E-state index is 12.5. The monoisotopic (exact) mass is 331 g/mol. The van der Waals surface area contributed by atoms with E-state index in [0.717, 1.165) is 6.07 Å². The Kier molecular flexibility index (Phi) is 4.82. The lowest BCUT2D eigenvalue weighted by Crippen LogP contribution is -2.55. The van der Waals surface area contributed by atoms with Gasteiger partial charge in [0.05, 0.1) is 7.11 Å². The van der Waals surface area contributed by atoms with E-state index in [0.29, 0.717) is 24.9 Å². The lowest BCUT2D eigenvalue weighted by Gasteiger charge is -2.38. The quantitative estimate of drug-likeness (QED) is 0.796. The topological polar surface area (TPSA) is 55.8 Å². The van der Waals surface area contributed by atoms with E-state index in [1.165, 1.54) is 24.1 Å². The molecule has 0 aromatic heterocycles. The van der Waals surface area contributed by atoms with Crippen molar-refractivity contribution in [3.8, 4) is 5.75 Å². The van der Waals surface area contributed by atoms with Crippen molar-refractivity contribution in [3.63, 3.8) is 0 Å². The van der Waals surface area contributed by atoms with Crippen molar-refractivity contribution in [1.29, 1.82) is 0 Å². The normalized spacial score (nSPS) is 17.4. The lowest BCUT2D eigenvalue weighted by molar-refractivity contribution is -0.274. The van der Waals surface area contributed by atoms with Crippen molar-refractivity contribution in [2.75, 3.05) is 13.7 Å². The van der Waals surface area contributed by atoms with Crippen LogP contribution in [0.4, 0.5) is 13.2 Å². The molecule has 0 unspecified atom stereocenters. The standard InChI is InChI=1S/C15H16F3NO4/c1-3-9-4-5-10(8-12(9)23-15(16,17)18)13(20)19-7-6-11(19)14(21)22-2/h4-5,8,11H,3,6-7H2,1-2H3/t11-/m1/s1. The molecule has 1 aliphatic rings. The van der Waals surface area contributed by atoms with Gasteiger partial charge in [-0.3, -0.25) is 4.79 Å². The molecule has 0 aliphatic carbocycles. The van der Waals surface area contributed by atoms with E-state index in [1.807, 2.05) is 0 Å². The van der Waals surface area contributed by atoms with Gasteiger partial charge in [-0.1, -0.05) is 13.0 Å². The number of halogens is 3. The maximum absolute atomic E-state index is 12.5. The minimum Gasteiger partial charge on any atom is -0.467 e. The molecule has 1 fully saturated rings. The minimum atomic E-state index is -4.84. The first-order chi connectivity index (χ1) is 10.8. The predicted molar refractivity (Wildman–Crippen MR) is 74.0 cm³/mol. The summed E-state index contributed by atoms with van der Waals surface area (Å²) in [5, 5.41) is 0. The van der Waals surface area contributed by atoms with Crippen molar-refractivity contribution in [2.45, 2.75) is 32.2 Å². The zero-order valence-electron chi connectivity index (χ0n) is 12.6. The van der Waals surface area contributed by atoms with E-state index in [2.05, 4.69) is 9.47 Å². The molecule has 1 saturated heterocycles. The summed E-state index contributed by atoms with van der Waals surface area (Å²) in [5.74, 6) is -1.47. The molecular formula is C15H16F3NO4. The fraction of sp³-hybridized carbons (Fsp3) is 0.467. The first-order valence-corrected chi connectivity index (χ1v) is 7.04. The molecule has 0 N–H and O–H groups in total. The van der Waals surface area contributed by atoms with Gasteiger partial charge in [0.1, 0.15) is 11.8 Å². The Morgan fingerprint density at radius 2 is 2.04 bits per heavy atom. The predicted octanol–water partition coefficient (Wildman–Crippen LogP) is 2.54. The summed E-state index contributed by atoms with van der Waals surface area (Å²) in [6.45, 7) is 2.03. The van der Waals surface area contributed by atoms with E-state index in [-0.39, 0.29) is 5.56 Å². The maximum Gasteiger partial charge on any atom is 0.573 e. The number of ether oxygens (including phenoxy) is 2. The van der Waals surface area contributed by atoms with Gasteiger partial charge in [-0.15, -0.1) is 13.2 Å². The Hall–Kier alpha value is -2.25. The summed E-state index contributed by atoms with van der Waals surface area (Å²) in [6, 6.07) is 3.21. The van der Waals surface area contributed by atoms with Gasteiger partial charge >= 0.3 is 12.3 Å². The number of amides is 1. The zero-order valence-corrected chi connectivity index (χ0v) is 12.6. The number of methoxy groups -OCH3 is 1. The molecule has 1 aromatic rings.